The van der Waals surface area contributed by atoms with Crippen molar-refractivity contribution in [1.82, 2.24) is 5.32 Å². The predicted molar refractivity (Wildman–Crippen MR) is 278 cm³/mol. The van der Waals surface area contributed by atoms with Crippen molar-refractivity contribution in [3.8, 4) is 0 Å². The zero-order chi connectivity index (χ0) is 46.7. The van der Waals surface area contributed by atoms with Gasteiger partial charge in [0.1, 0.15) is 6.10 Å². The first-order valence-corrected chi connectivity index (χ1v) is 28.6. The molecule has 0 aromatic heterocycles. The fraction of sp³-hybridized carbons (Fsp3) is 0.897. The van der Waals surface area contributed by atoms with Gasteiger partial charge in [-0.3, -0.25) is 9.59 Å². The lowest BCUT2D eigenvalue weighted by Crippen LogP contribution is -2.46. The predicted octanol–water partition coefficient (Wildman–Crippen LogP) is 17.5. The largest absolute Gasteiger partial charge is 0.462 e. The molecule has 1 amide bonds. The lowest BCUT2D eigenvalue weighted by molar-refractivity contribution is -0.151. The molecule has 0 aliphatic heterocycles. The summed E-state index contributed by atoms with van der Waals surface area (Å²) in [5.74, 6) is -0.483. The van der Waals surface area contributed by atoms with Gasteiger partial charge in [0.05, 0.1) is 25.2 Å². The van der Waals surface area contributed by atoms with Crippen LogP contribution in [0.4, 0.5) is 0 Å². The number of aliphatic hydroxyl groups excluding tert-OH is 2. The van der Waals surface area contributed by atoms with E-state index in [-0.39, 0.29) is 24.9 Å². The molecule has 0 bridgehead atoms. The molecule has 0 heterocycles. The first-order chi connectivity index (χ1) is 31.5. The molecule has 3 atom stereocenters. The number of hydrogen-bond donors (Lipinski definition) is 3. The van der Waals surface area contributed by atoms with Crippen molar-refractivity contribution < 1.29 is 24.5 Å². The van der Waals surface area contributed by atoms with E-state index in [1.165, 1.54) is 199 Å². The van der Waals surface area contributed by atoms with Crippen LogP contribution in [0.3, 0.4) is 0 Å². The first-order valence-electron chi connectivity index (χ1n) is 28.6. The Morgan fingerprint density at radius 3 is 1.12 bits per heavy atom. The maximum Gasteiger partial charge on any atom is 0.306 e. The Morgan fingerprint density at radius 2 is 0.750 bits per heavy atom. The molecule has 0 aromatic rings. The minimum atomic E-state index is -0.790. The summed E-state index contributed by atoms with van der Waals surface area (Å²) in [4.78, 5) is 26.2. The van der Waals surface area contributed by atoms with Crippen molar-refractivity contribution in [2.24, 2.45) is 0 Å². The van der Waals surface area contributed by atoms with Gasteiger partial charge in [-0.15, -0.1) is 0 Å². The van der Waals surface area contributed by atoms with E-state index in [9.17, 15) is 19.8 Å². The number of unbranched alkanes of at least 4 members (excludes halogenated alkanes) is 36. The Bertz CT molecular complexity index is 1010. The third kappa shape index (κ3) is 46.9. The average molecular weight is 903 g/mol. The van der Waals surface area contributed by atoms with Gasteiger partial charge in [0.15, 0.2) is 0 Å². The maximum atomic E-state index is 13.2. The van der Waals surface area contributed by atoms with Crippen molar-refractivity contribution in [3.05, 3.63) is 24.3 Å². The molecule has 6 heteroatoms. The van der Waals surface area contributed by atoms with Crippen LogP contribution in [0.25, 0.3) is 0 Å². The zero-order valence-corrected chi connectivity index (χ0v) is 43.2. The molecule has 0 radical (unpaired) electrons. The zero-order valence-electron chi connectivity index (χ0n) is 43.2. The van der Waals surface area contributed by atoms with Gasteiger partial charge in [-0.25, -0.2) is 0 Å². The molecule has 0 saturated carbocycles. The average Bonchev–Trinajstić information content (AvgIpc) is 3.29. The van der Waals surface area contributed by atoms with Crippen molar-refractivity contribution >= 4 is 11.9 Å². The van der Waals surface area contributed by atoms with Crippen molar-refractivity contribution in [3.63, 3.8) is 0 Å². The Balaban J connectivity index is 4.57. The highest BCUT2D eigenvalue weighted by molar-refractivity contribution is 5.77. The van der Waals surface area contributed by atoms with Gasteiger partial charge >= 0.3 is 5.97 Å². The first kappa shape index (κ1) is 62.3. The SMILES string of the molecule is CCCCCCCCC/C=C/CCCCCCCC(=O)OC(CCCCC/C=C/CCCCCCCCCCC)CC(=O)NC(CO)C(O)CCCCCCCCCCCCCCC. The van der Waals surface area contributed by atoms with E-state index in [0.717, 1.165) is 64.2 Å². The maximum absolute atomic E-state index is 13.2. The molecule has 3 unspecified atom stereocenters. The highest BCUT2D eigenvalue weighted by atomic mass is 16.5. The Hall–Kier alpha value is -1.66. The second kappa shape index (κ2) is 52.3. The van der Waals surface area contributed by atoms with Gasteiger partial charge in [0, 0.05) is 6.42 Å². The minimum Gasteiger partial charge on any atom is -0.462 e. The van der Waals surface area contributed by atoms with Gasteiger partial charge in [-0.05, 0) is 77.0 Å². The summed E-state index contributed by atoms with van der Waals surface area (Å²) >= 11 is 0. The van der Waals surface area contributed by atoms with Crippen molar-refractivity contribution in [2.45, 2.75) is 328 Å². The summed E-state index contributed by atoms with van der Waals surface area (Å²) in [5, 5.41) is 23.8. The second-order valence-corrected chi connectivity index (χ2v) is 19.7. The summed E-state index contributed by atoms with van der Waals surface area (Å²) in [5.41, 5.74) is 0. The van der Waals surface area contributed by atoms with Crippen LogP contribution in [0, 0.1) is 0 Å². The lowest BCUT2D eigenvalue weighted by Gasteiger charge is -2.24. The van der Waals surface area contributed by atoms with E-state index in [0.29, 0.717) is 19.3 Å². The van der Waals surface area contributed by atoms with E-state index in [2.05, 4.69) is 50.4 Å². The van der Waals surface area contributed by atoms with Crippen LogP contribution in [0.5, 0.6) is 0 Å². The number of amides is 1. The number of esters is 1. The number of rotatable bonds is 52. The smallest absolute Gasteiger partial charge is 0.306 e. The highest BCUT2D eigenvalue weighted by Gasteiger charge is 2.24. The van der Waals surface area contributed by atoms with Crippen LogP contribution >= 0.6 is 0 Å². The van der Waals surface area contributed by atoms with Crippen molar-refractivity contribution in [2.75, 3.05) is 6.61 Å². The van der Waals surface area contributed by atoms with E-state index >= 15 is 0 Å². The number of nitrogens with one attached hydrogen (secondary N) is 1. The quantitative estimate of drug-likeness (QED) is 0.0321. The third-order valence-corrected chi connectivity index (χ3v) is 13.3. The standard InChI is InChI=1S/C58H111NO5/c1-4-7-10-13-16-19-22-25-27-29-32-34-37-40-43-46-49-54(64-58(63)51-48-45-42-39-36-33-30-28-26-23-20-17-14-11-8-5-2)52-57(62)59-55(53-60)56(61)50-47-44-41-38-35-31-24-21-18-15-12-9-6-3/h28,30,32,34,54-56,60-61H,4-27,29,31,33,35-53H2,1-3H3,(H,59,62)/b30-28+,34-32+. The Kier molecular flexibility index (Phi) is 51.0. The van der Waals surface area contributed by atoms with E-state index in [1.807, 2.05) is 0 Å². The molecule has 0 fully saturated rings. The van der Waals surface area contributed by atoms with Crippen LogP contribution in [-0.4, -0.2) is 46.9 Å². The fourth-order valence-corrected chi connectivity index (χ4v) is 8.89. The van der Waals surface area contributed by atoms with Gasteiger partial charge in [0.2, 0.25) is 5.91 Å². The van der Waals surface area contributed by atoms with Crippen LogP contribution in [0.1, 0.15) is 310 Å². The van der Waals surface area contributed by atoms with E-state index in [4.69, 9.17) is 4.74 Å². The van der Waals surface area contributed by atoms with E-state index < -0.39 is 18.2 Å². The molecule has 6 nitrogen and oxygen atoms in total. The molecule has 0 aliphatic carbocycles. The lowest BCUT2D eigenvalue weighted by atomic mass is 10.0. The normalized spacial score (nSPS) is 13.3. The monoisotopic (exact) mass is 902 g/mol. The number of carbonyl (C=O) groups excluding carboxylic acids is 2. The molecule has 378 valence electrons. The molecule has 3 N–H and O–H groups in total. The van der Waals surface area contributed by atoms with Gasteiger partial charge < -0.3 is 20.3 Å². The minimum absolute atomic E-state index is 0.0683. The number of allylic oxidation sites excluding steroid dienone is 4. The molecule has 0 saturated heterocycles. The third-order valence-electron chi connectivity index (χ3n) is 13.3. The van der Waals surface area contributed by atoms with Crippen LogP contribution in [0.2, 0.25) is 0 Å². The van der Waals surface area contributed by atoms with Gasteiger partial charge in [-0.1, -0.05) is 244 Å². The molecule has 0 aliphatic rings. The van der Waals surface area contributed by atoms with Gasteiger partial charge in [0.25, 0.3) is 0 Å². The summed E-state index contributed by atoms with van der Waals surface area (Å²) < 4.78 is 5.95. The molecule has 64 heavy (non-hydrogen) atoms. The van der Waals surface area contributed by atoms with E-state index in [1.54, 1.807) is 0 Å². The number of aliphatic hydroxyl groups is 2. The number of hydrogen-bond acceptors (Lipinski definition) is 5. The fourth-order valence-electron chi connectivity index (χ4n) is 8.89. The van der Waals surface area contributed by atoms with Crippen LogP contribution < -0.4 is 5.32 Å². The van der Waals surface area contributed by atoms with Gasteiger partial charge in [-0.2, -0.15) is 0 Å². The summed E-state index contributed by atoms with van der Waals surface area (Å²) in [7, 11) is 0. The molecular formula is C58H111NO5. The Labute approximate surface area is 399 Å². The summed E-state index contributed by atoms with van der Waals surface area (Å²) in [6.45, 7) is 6.51. The van der Waals surface area contributed by atoms with Crippen molar-refractivity contribution in [1.29, 1.82) is 0 Å². The molecular weight excluding hydrogens is 791 g/mol. The Morgan fingerprint density at radius 1 is 0.438 bits per heavy atom. The van der Waals surface area contributed by atoms with Crippen LogP contribution in [-0.2, 0) is 14.3 Å². The topological polar surface area (TPSA) is 95.9 Å². The summed E-state index contributed by atoms with van der Waals surface area (Å²) in [6, 6.07) is -0.705. The number of carbonyl (C=O) groups is 2. The number of ether oxygens (including phenoxy) is 1. The molecule has 0 spiro atoms. The molecule has 0 rings (SSSR count). The highest BCUT2D eigenvalue weighted by Crippen LogP contribution is 2.18. The second-order valence-electron chi connectivity index (χ2n) is 19.7. The molecule has 0 aromatic carbocycles. The summed E-state index contributed by atoms with van der Waals surface area (Å²) in [6.07, 6.45) is 61.0. The van der Waals surface area contributed by atoms with Crippen LogP contribution in [0.15, 0.2) is 24.3 Å².